The molecule has 1 N–H and O–H groups in total. The van der Waals surface area contributed by atoms with E-state index in [-0.39, 0.29) is 0 Å². The molecule has 4 heteroatoms. The zero-order valence-electron chi connectivity index (χ0n) is 13.9. The second-order valence-electron chi connectivity index (χ2n) is 6.48. The highest BCUT2D eigenvalue weighted by Gasteiger charge is 2.21. The minimum Gasteiger partial charge on any atom is -0.389 e. The Bertz CT molecular complexity index is 413. The molecule has 1 aliphatic rings. The highest BCUT2D eigenvalue weighted by Crippen LogP contribution is 2.17. The molecule has 22 heavy (non-hydrogen) atoms. The van der Waals surface area contributed by atoms with Gasteiger partial charge in [-0.05, 0) is 52.0 Å². The summed E-state index contributed by atoms with van der Waals surface area (Å²) >= 11 is 0. The van der Waals surface area contributed by atoms with Crippen LogP contribution in [0.2, 0.25) is 0 Å². The van der Waals surface area contributed by atoms with Gasteiger partial charge in [0.1, 0.15) is 0 Å². The second kappa shape index (κ2) is 9.26. The zero-order chi connectivity index (χ0) is 15.8. The molecule has 1 heterocycles. The lowest BCUT2D eigenvalue weighted by atomic mass is 10.1. The van der Waals surface area contributed by atoms with E-state index in [1.165, 1.54) is 25.8 Å². The monoisotopic (exact) mass is 306 g/mol. The highest BCUT2D eigenvalue weighted by molar-refractivity contribution is 5.13. The minimum absolute atomic E-state index is 0.391. The Morgan fingerprint density at radius 1 is 1.36 bits per heavy atom. The van der Waals surface area contributed by atoms with E-state index in [0.717, 1.165) is 12.1 Å². The average molecular weight is 306 g/mol. The van der Waals surface area contributed by atoms with Gasteiger partial charge in [-0.2, -0.15) is 0 Å². The largest absolute Gasteiger partial charge is 0.389 e. The van der Waals surface area contributed by atoms with E-state index in [2.05, 4.69) is 23.9 Å². The molecule has 0 amide bonds. The van der Waals surface area contributed by atoms with Gasteiger partial charge < -0.3 is 19.6 Å². The Labute approximate surface area is 134 Å². The van der Waals surface area contributed by atoms with Crippen LogP contribution >= 0.6 is 0 Å². The van der Waals surface area contributed by atoms with Crippen molar-refractivity contribution >= 4 is 0 Å². The molecule has 1 aromatic rings. The Hall–Kier alpha value is -0.940. The van der Waals surface area contributed by atoms with Crippen molar-refractivity contribution in [3.8, 4) is 0 Å². The predicted molar refractivity (Wildman–Crippen MR) is 89.9 cm³/mol. The molecule has 0 aliphatic carbocycles. The van der Waals surface area contributed by atoms with Gasteiger partial charge in [-0.25, -0.2) is 0 Å². The maximum Gasteiger partial charge on any atom is 0.0900 e. The van der Waals surface area contributed by atoms with Crippen LogP contribution in [-0.4, -0.2) is 67.4 Å². The molecule has 2 atom stereocenters. The number of likely N-dealkylation sites (tertiary alicyclic amines) is 1. The van der Waals surface area contributed by atoms with Gasteiger partial charge >= 0.3 is 0 Å². The summed E-state index contributed by atoms with van der Waals surface area (Å²) in [5, 5.41) is 10.1. The quantitative estimate of drug-likeness (QED) is 0.757. The first-order valence-electron chi connectivity index (χ1n) is 8.33. The van der Waals surface area contributed by atoms with E-state index in [9.17, 15) is 5.11 Å². The number of ether oxygens (including phenoxy) is 1. The molecule has 1 fully saturated rings. The van der Waals surface area contributed by atoms with Gasteiger partial charge in [0.15, 0.2) is 0 Å². The first-order chi connectivity index (χ1) is 10.6. The van der Waals surface area contributed by atoms with Gasteiger partial charge in [0.2, 0.25) is 0 Å². The Morgan fingerprint density at radius 2 is 2.14 bits per heavy atom. The molecule has 0 radical (unpaired) electrons. The molecule has 0 spiro atoms. The van der Waals surface area contributed by atoms with Crippen LogP contribution in [0.25, 0.3) is 0 Å². The van der Waals surface area contributed by atoms with Gasteiger partial charge in [-0.1, -0.05) is 30.3 Å². The highest BCUT2D eigenvalue weighted by atomic mass is 16.5. The second-order valence-corrected chi connectivity index (χ2v) is 6.48. The predicted octanol–water partition coefficient (Wildman–Crippen LogP) is 1.98. The SMILES string of the molecule is CN(CC[C@H]1CCCN1C)C[C@@H](O)COCc1ccccc1. The summed E-state index contributed by atoms with van der Waals surface area (Å²) in [5.41, 5.74) is 1.15. The van der Waals surface area contributed by atoms with Crippen molar-refractivity contribution in [1.82, 2.24) is 9.80 Å². The van der Waals surface area contributed by atoms with E-state index in [0.29, 0.717) is 25.8 Å². The van der Waals surface area contributed by atoms with Crippen molar-refractivity contribution in [3.63, 3.8) is 0 Å². The van der Waals surface area contributed by atoms with Crippen LogP contribution in [0.5, 0.6) is 0 Å². The number of benzene rings is 1. The fraction of sp³-hybridized carbons (Fsp3) is 0.667. The van der Waals surface area contributed by atoms with Crippen LogP contribution in [0.15, 0.2) is 30.3 Å². The number of aliphatic hydroxyl groups excluding tert-OH is 1. The molecule has 1 aliphatic heterocycles. The summed E-state index contributed by atoms with van der Waals surface area (Å²) in [6.07, 6.45) is 3.40. The lowest BCUT2D eigenvalue weighted by molar-refractivity contribution is 0.0130. The molecule has 0 saturated carbocycles. The number of aliphatic hydroxyl groups is 1. The molecule has 0 bridgehead atoms. The zero-order valence-corrected chi connectivity index (χ0v) is 13.9. The molecule has 0 aromatic heterocycles. The molecule has 124 valence electrons. The first kappa shape index (κ1) is 17.4. The van der Waals surface area contributed by atoms with Crippen LogP contribution in [0.1, 0.15) is 24.8 Å². The molecule has 4 nitrogen and oxygen atoms in total. The van der Waals surface area contributed by atoms with E-state index in [1.54, 1.807) is 0 Å². The van der Waals surface area contributed by atoms with Gasteiger partial charge in [0.05, 0.1) is 19.3 Å². The maximum absolute atomic E-state index is 10.1. The summed E-state index contributed by atoms with van der Waals surface area (Å²) in [5.74, 6) is 0. The summed E-state index contributed by atoms with van der Waals surface area (Å²) in [6.45, 7) is 3.89. The van der Waals surface area contributed by atoms with Crippen molar-refractivity contribution in [2.45, 2.75) is 38.0 Å². The lowest BCUT2D eigenvalue weighted by Gasteiger charge is -2.24. The fourth-order valence-electron chi connectivity index (χ4n) is 3.10. The van der Waals surface area contributed by atoms with Crippen molar-refractivity contribution < 1.29 is 9.84 Å². The molecule has 1 aromatic carbocycles. The van der Waals surface area contributed by atoms with Crippen molar-refractivity contribution in [1.29, 1.82) is 0 Å². The minimum atomic E-state index is -0.421. The number of hydrogen-bond acceptors (Lipinski definition) is 4. The standard InChI is InChI=1S/C18H30N2O2/c1-19(12-10-17-9-6-11-20(17)2)13-18(21)15-22-14-16-7-4-3-5-8-16/h3-5,7-8,17-18,21H,6,9-15H2,1-2H3/t17-,18-/m1/s1. The van der Waals surface area contributed by atoms with E-state index < -0.39 is 6.10 Å². The summed E-state index contributed by atoms with van der Waals surface area (Å²) in [6, 6.07) is 10.8. The summed E-state index contributed by atoms with van der Waals surface area (Å²) in [4.78, 5) is 4.66. The van der Waals surface area contributed by atoms with Crippen LogP contribution in [0, 0.1) is 0 Å². The maximum atomic E-state index is 10.1. The molecule has 0 unspecified atom stereocenters. The van der Waals surface area contributed by atoms with Crippen molar-refractivity contribution in [2.24, 2.45) is 0 Å². The fourth-order valence-corrected chi connectivity index (χ4v) is 3.10. The van der Waals surface area contributed by atoms with Gasteiger partial charge in [0, 0.05) is 12.6 Å². The van der Waals surface area contributed by atoms with Gasteiger partial charge in [-0.3, -0.25) is 0 Å². The Balaban J connectivity index is 1.56. The normalized spacial score (nSPS) is 20.6. The Morgan fingerprint density at radius 3 is 2.82 bits per heavy atom. The molecular formula is C18H30N2O2. The van der Waals surface area contributed by atoms with Crippen LogP contribution < -0.4 is 0 Å². The summed E-state index contributed by atoms with van der Waals surface area (Å²) < 4.78 is 5.59. The van der Waals surface area contributed by atoms with Crippen molar-refractivity contribution in [3.05, 3.63) is 35.9 Å². The third kappa shape index (κ3) is 6.05. The van der Waals surface area contributed by atoms with E-state index >= 15 is 0 Å². The van der Waals surface area contributed by atoms with E-state index in [1.807, 2.05) is 30.3 Å². The van der Waals surface area contributed by atoms with Crippen molar-refractivity contribution in [2.75, 3.05) is 40.3 Å². The third-order valence-electron chi connectivity index (χ3n) is 4.46. The molecular weight excluding hydrogens is 276 g/mol. The summed E-state index contributed by atoms with van der Waals surface area (Å²) in [7, 11) is 4.29. The van der Waals surface area contributed by atoms with Gasteiger partial charge in [-0.15, -0.1) is 0 Å². The topological polar surface area (TPSA) is 35.9 Å². The molecule has 1 saturated heterocycles. The van der Waals surface area contributed by atoms with Crippen LogP contribution in [-0.2, 0) is 11.3 Å². The van der Waals surface area contributed by atoms with E-state index in [4.69, 9.17) is 4.74 Å². The average Bonchev–Trinajstić information content (AvgIpc) is 2.91. The number of nitrogens with zero attached hydrogens (tertiary/aromatic N) is 2. The Kier molecular flexibility index (Phi) is 7.33. The smallest absolute Gasteiger partial charge is 0.0900 e. The van der Waals surface area contributed by atoms with Crippen LogP contribution in [0.4, 0.5) is 0 Å². The lowest BCUT2D eigenvalue weighted by Crippen LogP contribution is -2.35. The number of rotatable bonds is 9. The van der Waals surface area contributed by atoms with Gasteiger partial charge in [0.25, 0.3) is 0 Å². The number of likely N-dealkylation sites (N-methyl/N-ethyl adjacent to an activating group) is 1. The molecule has 2 rings (SSSR count). The third-order valence-corrected chi connectivity index (χ3v) is 4.46. The number of hydrogen-bond donors (Lipinski definition) is 1. The first-order valence-corrected chi connectivity index (χ1v) is 8.33. The van der Waals surface area contributed by atoms with Crippen LogP contribution in [0.3, 0.4) is 0 Å².